The monoisotopic (exact) mass is 272 g/mol. The van der Waals surface area contributed by atoms with E-state index in [1.165, 1.54) is 18.2 Å². The summed E-state index contributed by atoms with van der Waals surface area (Å²) in [4.78, 5) is 22.4. The number of hydrogen-bond acceptors (Lipinski definition) is 4. The van der Waals surface area contributed by atoms with Crippen LogP contribution in [0.3, 0.4) is 0 Å². The average molecular weight is 273 g/mol. The summed E-state index contributed by atoms with van der Waals surface area (Å²) in [6.45, 7) is 0. The summed E-state index contributed by atoms with van der Waals surface area (Å²) in [5.74, 6) is 8.98. The zero-order valence-corrected chi connectivity index (χ0v) is 9.17. The standard InChI is InChI=1S/C8H9BrN4O2/c9-6-2-4(7(14)12-10)1-5(3-6)8(15)13-11/h1-3H,10-11H2,(H,12,14)(H,13,15). The summed E-state index contributed by atoms with van der Waals surface area (Å²) in [7, 11) is 0. The van der Waals surface area contributed by atoms with Crippen LogP contribution in [0.5, 0.6) is 0 Å². The van der Waals surface area contributed by atoms with Crippen molar-refractivity contribution in [1.82, 2.24) is 10.9 Å². The summed E-state index contributed by atoms with van der Waals surface area (Å²) >= 11 is 3.17. The molecule has 80 valence electrons. The van der Waals surface area contributed by atoms with E-state index in [9.17, 15) is 9.59 Å². The van der Waals surface area contributed by atoms with Gasteiger partial charge in [0.05, 0.1) is 0 Å². The van der Waals surface area contributed by atoms with E-state index < -0.39 is 11.8 Å². The molecule has 0 unspecified atom stereocenters. The van der Waals surface area contributed by atoms with E-state index in [-0.39, 0.29) is 11.1 Å². The predicted molar refractivity (Wildman–Crippen MR) is 57.4 cm³/mol. The van der Waals surface area contributed by atoms with Crippen LogP contribution in [-0.2, 0) is 0 Å². The molecule has 0 saturated carbocycles. The molecule has 7 heteroatoms. The molecule has 0 aromatic heterocycles. The highest BCUT2D eigenvalue weighted by Gasteiger charge is 2.10. The van der Waals surface area contributed by atoms with Gasteiger partial charge < -0.3 is 0 Å². The molecule has 0 fully saturated rings. The molecular formula is C8H9BrN4O2. The van der Waals surface area contributed by atoms with Gasteiger partial charge in [0.25, 0.3) is 11.8 Å². The minimum absolute atomic E-state index is 0.269. The Hall–Kier alpha value is -1.44. The second-order valence-electron chi connectivity index (χ2n) is 2.68. The van der Waals surface area contributed by atoms with E-state index in [1.54, 1.807) is 0 Å². The van der Waals surface area contributed by atoms with Gasteiger partial charge in [0.2, 0.25) is 0 Å². The fourth-order valence-corrected chi connectivity index (χ4v) is 1.51. The Morgan fingerprint density at radius 3 is 1.73 bits per heavy atom. The molecule has 1 aromatic rings. The number of amides is 2. The molecule has 0 radical (unpaired) electrons. The van der Waals surface area contributed by atoms with Gasteiger partial charge in [-0.1, -0.05) is 15.9 Å². The van der Waals surface area contributed by atoms with Gasteiger partial charge in [-0.2, -0.15) is 0 Å². The van der Waals surface area contributed by atoms with Crippen LogP contribution in [0.2, 0.25) is 0 Å². The fourth-order valence-electron chi connectivity index (χ4n) is 1.02. The molecule has 0 heterocycles. The highest BCUT2D eigenvalue weighted by Crippen LogP contribution is 2.15. The lowest BCUT2D eigenvalue weighted by atomic mass is 10.1. The van der Waals surface area contributed by atoms with Crippen LogP contribution >= 0.6 is 15.9 Å². The van der Waals surface area contributed by atoms with Crippen molar-refractivity contribution < 1.29 is 9.59 Å². The largest absolute Gasteiger partial charge is 0.290 e. The number of hydrazine groups is 2. The van der Waals surface area contributed by atoms with Crippen molar-refractivity contribution in [2.75, 3.05) is 0 Å². The van der Waals surface area contributed by atoms with Crippen LogP contribution in [0.1, 0.15) is 20.7 Å². The number of hydrogen-bond donors (Lipinski definition) is 4. The summed E-state index contributed by atoms with van der Waals surface area (Å²) in [5.41, 5.74) is 4.48. The summed E-state index contributed by atoms with van der Waals surface area (Å²) in [5, 5.41) is 0. The maximum Gasteiger partial charge on any atom is 0.265 e. The second kappa shape index (κ2) is 4.87. The first-order chi connectivity index (χ1) is 7.08. The highest BCUT2D eigenvalue weighted by molar-refractivity contribution is 9.10. The molecule has 0 spiro atoms. The molecule has 1 rings (SSSR count). The molecule has 6 nitrogen and oxygen atoms in total. The number of carbonyl (C=O) groups excluding carboxylic acids is 2. The third-order valence-corrected chi connectivity index (χ3v) is 2.14. The number of rotatable bonds is 2. The van der Waals surface area contributed by atoms with E-state index in [0.29, 0.717) is 4.47 Å². The lowest BCUT2D eigenvalue weighted by Gasteiger charge is -2.04. The maximum absolute atomic E-state index is 11.2. The Labute approximate surface area is 94.1 Å². The zero-order valence-electron chi connectivity index (χ0n) is 7.58. The smallest absolute Gasteiger partial charge is 0.265 e. The van der Waals surface area contributed by atoms with Gasteiger partial charge in [-0.05, 0) is 18.2 Å². The molecule has 0 bridgehead atoms. The van der Waals surface area contributed by atoms with Gasteiger partial charge in [-0.25, -0.2) is 11.7 Å². The van der Waals surface area contributed by atoms with Gasteiger partial charge in [0.15, 0.2) is 0 Å². The first-order valence-electron chi connectivity index (χ1n) is 3.91. The summed E-state index contributed by atoms with van der Waals surface area (Å²) in [6.07, 6.45) is 0. The number of benzene rings is 1. The quantitative estimate of drug-likeness (QED) is 0.335. The van der Waals surface area contributed by atoms with Crippen LogP contribution in [-0.4, -0.2) is 11.8 Å². The topological polar surface area (TPSA) is 110 Å². The molecule has 0 aliphatic rings. The summed E-state index contributed by atoms with van der Waals surface area (Å²) < 4.78 is 0.585. The van der Waals surface area contributed by atoms with Gasteiger partial charge in [0, 0.05) is 15.6 Å². The average Bonchev–Trinajstić information content (AvgIpc) is 2.26. The Morgan fingerprint density at radius 2 is 1.40 bits per heavy atom. The van der Waals surface area contributed by atoms with Crippen LogP contribution in [0, 0.1) is 0 Å². The van der Waals surface area contributed by atoms with Crippen molar-refractivity contribution >= 4 is 27.7 Å². The van der Waals surface area contributed by atoms with Gasteiger partial charge in [0.1, 0.15) is 0 Å². The molecular weight excluding hydrogens is 264 g/mol. The van der Waals surface area contributed by atoms with E-state index in [2.05, 4.69) is 15.9 Å². The molecule has 0 atom stereocenters. The third kappa shape index (κ3) is 2.75. The summed E-state index contributed by atoms with van der Waals surface area (Å²) in [6, 6.07) is 4.46. The highest BCUT2D eigenvalue weighted by atomic mass is 79.9. The zero-order chi connectivity index (χ0) is 11.4. The van der Waals surface area contributed by atoms with E-state index in [4.69, 9.17) is 11.7 Å². The van der Waals surface area contributed by atoms with Crippen LogP contribution in [0.4, 0.5) is 0 Å². The van der Waals surface area contributed by atoms with Crippen LogP contribution in [0.25, 0.3) is 0 Å². The molecule has 0 aliphatic carbocycles. The van der Waals surface area contributed by atoms with Crippen molar-refractivity contribution in [3.63, 3.8) is 0 Å². The number of nitrogens with two attached hydrogens (primary N) is 2. The van der Waals surface area contributed by atoms with Gasteiger partial charge in [-0.3, -0.25) is 20.4 Å². The molecule has 15 heavy (non-hydrogen) atoms. The van der Waals surface area contributed by atoms with Crippen molar-refractivity contribution in [3.05, 3.63) is 33.8 Å². The third-order valence-electron chi connectivity index (χ3n) is 1.68. The SMILES string of the molecule is NNC(=O)c1cc(Br)cc(C(=O)NN)c1. The fraction of sp³-hybridized carbons (Fsp3) is 0. The number of carbonyl (C=O) groups is 2. The first kappa shape index (κ1) is 11.6. The lowest BCUT2D eigenvalue weighted by Crippen LogP contribution is -2.32. The Kier molecular flexibility index (Phi) is 3.78. The molecule has 6 N–H and O–H groups in total. The van der Waals surface area contributed by atoms with Gasteiger partial charge >= 0.3 is 0 Å². The first-order valence-corrected chi connectivity index (χ1v) is 4.70. The number of nitrogen functional groups attached to an aromatic ring is 2. The van der Waals surface area contributed by atoms with Crippen molar-refractivity contribution in [2.24, 2.45) is 11.7 Å². The minimum atomic E-state index is -0.484. The van der Waals surface area contributed by atoms with E-state index in [0.717, 1.165) is 0 Å². The molecule has 2 amide bonds. The van der Waals surface area contributed by atoms with Crippen LogP contribution < -0.4 is 22.5 Å². The Balaban J connectivity index is 3.16. The normalized spacial score (nSPS) is 9.53. The van der Waals surface area contributed by atoms with Crippen molar-refractivity contribution in [3.8, 4) is 0 Å². The molecule has 1 aromatic carbocycles. The Morgan fingerprint density at radius 1 is 1.00 bits per heavy atom. The van der Waals surface area contributed by atoms with Crippen molar-refractivity contribution in [1.29, 1.82) is 0 Å². The Bertz CT molecular complexity index is 373. The van der Waals surface area contributed by atoms with Crippen LogP contribution in [0.15, 0.2) is 22.7 Å². The second-order valence-corrected chi connectivity index (χ2v) is 3.59. The van der Waals surface area contributed by atoms with E-state index >= 15 is 0 Å². The number of halogens is 1. The molecule has 0 saturated heterocycles. The molecule has 0 aliphatic heterocycles. The van der Waals surface area contributed by atoms with Crippen molar-refractivity contribution in [2.45, 2.75) is 0 Å². The predicted octanol–water partition coefficient (Wildman–Crippen LogP) is -0.344. The lowest BCUT2D eigenvalue weighted by molar-refractivity contribution is 0.0953. The maximum atomic E-state index is 11.2. The number of nitrogens with one attached hydrogen (secondary N) is 2. The van der Waals surface area contributed by atoms with E-state index in [1.807, 2.05) is 10.9 Å². The van der Waals surface area contributed by atoms with Gasteiger partial charge in [-0.15, -0.1) is 0 Å². The minimum Gasteiger partial charge on any atom is -0.290 e.